The molecule has 2 aromatic rings. The standard InChI is InChI=1S/C21H25NO4/c1-13-6-7-14(2)17(10-13)19(23)8-9-21(25)26-12-20(24)18-11-15(3)22(5)16(18)4/h6-7,10-11H,8-9,12H2,1-5H3. The molecule has 2 rings (SSSR count). The van der Waals surface area contributed by atoms with Crippen LogP contribution >= 0.6 is 0 Å². The Balaban J connectivity index is 1.87. The maximum absolute atomic E-state index is 12.3. The number of aryl methyl sites for hydroxylation is 3. The number of aromatic nitrogens is 1. The van der Waals surface area contributed by atoms with Crippen LogP contribution < -0.4 is 0 Å². The maximum Gasteiger partial charge on any atom is 0.306 e. The lowest BCUT2D eigenvalue weighted by Crippen LogP contribution is -2.16. The molecule has 0 bridgehead atoms. The number of ketones is 2. The SMILES string of the molecule is Cc1ccc(C)c(C(=O)CCC(=O)OCC(=O)c2cc(C)n(C)c2C)c1. The predicted molar refractivity (Wildman–Crippen MR) is 99.7 cm³/mol. The molecule has 0 fully saturated rings. The third-order valence-electron chi connectivity index (χ3n) is 4.69. The summed E-state index contributed by atoms with van der Waals surface area (Å²) in [6.07, 6.45) is 0.0348. The molecule has 138 valence electrons. The number of Topliss-reactive ketones (excluding diaryl/α,β-unsaturated/α-hetero) is 2. The van der Waals surface area contributed by atoms with Crippen LogP contribution in [-0.4, -0.2) is 28.7 Å². The van der Waals surface area contributed by atoms with E-state index >= 15 is 0 Å². The van der Waals surface area contributed by atoms with E-state index in [-0.39, 0.29) is 31.0 Å². The molecule has 0 aliphatic carbocycles. The van der Waals surface area contributed by atoms with Crippen molar-refractivity contribution >= 4 is 17.5 Å². The van der Waals surface area contributed by atoms with E-state index < -0.39 is 5.97 Å². The van der Waals surface area contributed by atoms with Gasteiger partial charge in [0.2, 0.25) is 5.78 Å². The molecule has 5 heteroatoms. The zero-order valence-corrected chi connectivity index (χ0v) is 16.0. The fourth-order valence-corrected chi connectivity index (χ4v) is 2.82. The molecule has 0 aliphatic heterocycles. The van der Waals surface area contributed by atoms with E-state index in [4.69, 9.17) is 4.74 Å². The van der Waals surface area contributed by atoms with Gasteiger partial charge in [0.25, 0.3) is 0 Å². The Morgan fingerprint density at radius 3 is 2.23 bits per heavy atom. The van der Waals surface area contributed by atoms with Crippen molar-refractivity contribution in [2.75, 3.05) is 6.61 Å². The number of hydrogen-bond acceptors (Lipinski definition) is 4. The molecule has 0 radical (unpaired) electrons. The van der Waals surface area contributed by atoms with E-state index in [1.807, 2.05) is 57.5 Å². The Kier molecular flexibility index (Phi) is 6.14. The molecule has 0 saturated heterocycles. The second-order valence-electron chi connectivity index (χ2n) is 6.67. The number of carbonyl (C=O) groups is 3. The molecule has 1 aromatic heterocycles. The van der Waals surface area contributed by atoms with Gasteiger partial charge in [0.05, 0.1) is 6.42 Å². The summed E-state index contributed by atoms with van der Waals surface area (Å²) in [6.45, 7) is 7.25. The van der Waals surface area contributed by atoms with Gasteiger partial charge in [0.15, 0.2) is 12.4 Å². The summed E-state index contributed by atoms with van der Waals surface area (Å²) in [6, 6.07) is 7.45. The lowest BCUT2D eigenvalue weighted by molar-refractivity contribution is -0.142. The van der Waals surface area contributed by atoms with E-state index in [0.29, 0.717) is 11.1 Å². The highest BCUT2D eigenvalue weighted by Crippen LogP contribution is 2.15. The number of rotatable bonds is 7. The van der Waals surface area contributed by atoms with Crippen LogP contribution in [0.1, 0.15) is 56.1 Å². The van der Waals surface area contributed by atoms with Gasteiger partial charge in [-0.3, -0.25) is 14.4 Å². The summed E-state index contributed by atoms with van der Waals surface area (Å²) in [5, 5.41) is 0. The average molecular weight is 355 g/mol. The first-order valence-electron chi connectivity index (χ1n) is 8.63. The summed E-state index contributed by atoms with van der Waals surface area (Å²) in [5.41, 5.74) is 4.89. The molecule has 0 saturated carbocycles. The number of ether oxygens (including phenoxy) is 1. The van der Waals surface area contributed by atoms with Gasteiger partial charge in [-0.1, -0.05) is 17.7 Å². The summed E-state index contributed by atoms with van der Waals surface area (Å²) in [5.74, 6) is -0.869. The Bertz CT molecular complexity index is 861. The van der Waals surface area contributed by atoms with Gasteiger partial charge >= 0.3 is 5.97 Å². The molecule has 5 nitrogen and oxygen atoms in total. The van der Waals surface area contributed by atoms with Crippen molar-refractivity contribution in [3.05, 3.63) is 57.9 Å². The summed E-state index contributed by atoms with van der Waals surface area (Å²) >= 11 is 0. The minimum absolute atomic E-state index is 0.0354. The molecule has 1 heterocycles. The Morgan fingerprint density at radius 2 is 1.62 bits per heavy atom. The Morgan fingerprint density at radius 1 is 0.923 bits per heavy atom. The fourth-order valence-electron chi connectivity index (χ4n) is 2.82. The van der Waals surface area contributed by atoms with Crippen LogP contribution in [0.25, 0.3) is 0 Å². The van der Waals surface area contributed by atoms with Gasteiger partial charge in [0, 0.05) is 36.0 Å². The van der Waals surface area contributed by atoms with Crippen LogP contribution in [0.5, 0.6) is 0 Å². The van der Waals surface area contributed by atoms with Crippen molar-refractivity contribution in [3.8, 4) is 0 Å². The maximum atomic E-state index is 12.3. The van der Waals surface area contributed by atoms with E-state index in [2.05, 4.69) is 0 Å². The number of carbonyl (C=O) groups excluding carboxylic acids is 3. The molecule has 26 heavy (non-hydrogen) atoms. The second-order valence-corrected chi connectivity index (χ2v) is 6.67. The number of nitrogens with zero attached hydrogens (tertiary/aromatic N) is 1. The predicted octanol–water partition coefficient (Wildman–Crippen LogP) is 3.65. The van der Waals surface area contributed by atoms with Gasteiger partial charge in [-0.25, -0.2) is 0 Å². The summed E-state index contributed by atoms with van der Waals surface area (Å²) in [7, 11) is 1.88. The monoisotopic (exact) mass is 355 g/mol. The van der Waals surface area contributed by atoms with Gasteiger partial charge in [-0.2, -0.15) is 0 Å². The first kappa shape index (κ1) is 19.6. The van der Waals surface area contributed by atoms with Gasteiger partial charge in [0.1, 0.15) is 0 Å². The first-order chi connectivity index (χ1) is 12.2. The number of benzene rings is 1. The van der Waals surface area contributed by atoms with Gasteiger partial charge in [-0.15, -0.1) is 0 Å². The van der Waals surface area contributed by atoms with Crippen molar-refractivity contribution in [1.29, 1.82) is 0 Å². The van der Waals surface area contributed by atoms with Crippen LogP contribution in [-0.2, 0) is 16.6 Å². The van der Waals surface area contributed by atoms with Crippen molar-refractivity contribution < 1.29 is 19.1 Å². The fraction of sp³-hybridized carbons (Fsp3) is 0.381. The third kappa shape index (κ3) is 4.48. The highest BCUT2D eigenvalue weighted by atomic mass is 16.5. The first-order valence-corrected chi connectivity index (χ1v) is 8.63. The lowest BCUT2D eigenvalue weighted by Gasteiger charge is -2.07. The summed E-state index contributed by atoms with van der Waals surface area (Å²) < 4.78 is 6.97. The van der Waals surface area contributed by atoms with Gasteiger partial charge in [-0.05, 0) is 45.4 Å². The smallest absolute Gasteiger partial charge is 0.306 e. The minimum atomic E-state index is -0.540. The van der Waals surface area contributed by atoms with E-state index in [1.165, 1.54) is 0 Å². The molecule has 0 N–H and O–H groups in total. The number of esters is 1. The quantitative estimate of drug-likeness (QED) is 0.562. The van der Waals surface area contributed by atoms with Gasteiger partial charge < -0.3 is 9.30 Å². The summed E-state index contributed by atoms with van der Waals surface area (Å²) in [4.78, 5) is 36.4. The van der Waals surface area contributed by atoms with Crippen LogP contribution in [0.2, 0.25) is 0 Å². The Hall–Kier alpha value is -2.69. The molecule has 1 aromatic carbocycles. The van der Waals surface area contributed by atoms with E-state index in [1.54, 1.807) is 6.07 Å². The van der Waals surface area contributed by atoms with Crippen molar-refractivity contribution in [2.24, 2.45) is 7.05 Å². The van der Waals surface area contributed by atoms with Crippen LogP contribution in [0, 0.1) is 27.7 Å². The zero-order chi connectivity index (χ0) is 19.4. The van der Waals surface area contributed by atoms with E-state index in [9.17, 15) is 14.4 Å². The largest absolute Gasteiger partial charge is 0.457 e. The van der Waals surface area contributed by atoms with Crippen molar-refractivity contribution in [1.82, 2.24) is 4.57 Å². The molecular formula is C21H25NO4. The van der Waals surface area contributed by atoms with E-state index in [0.717, 1.165) is 22.5 Å². The van der Waals surface area contributed by atoms with Crippen LogP contribution in [0.15, 0.2) is 24.3 Å². The third-order valence-corrected chi connectivity index (χ3v) is 4.69. The molecular weight excluding hydrogens is 330 g/mol. The normalized spacial score (nSPS) is 10.7. The number of hydrogen-bond donors (Lipinski definition) is 0. The minimum Gasteiger partial charge on any atom is -0.457 e. The van der Waals surface area contributed by atoms with Crippen LogP contribution in [0.3, 0.4) is 0 Å². The Labute approximate surface area is 154 Å². The van der Waals surface area contributed by atoms with Crippen molar-refractivity contribution in [3.63, 3.8) is 0 Å². The molecule has 0 spiro atoms. The average Bonchev–Trinajstić information content (AvgIpc) is 2.87. The highest BCUT2D eigenvalue weighted by Gasteiger charge is 2.17. The molecule has 0 aliphatic rings. The molecule has 0 unspecified atom stereocenters. The topological polar surface area (TPSA) is 65.4 Å². The molecule has 0 amide bonds. The lowest BCUT2D eigenvalue weighted by atomic mass is 9.99. The molecule has 0 atom stereocenters. The highest BCUT2D eigenvalue weighted by molar-refractivity contribution is 6.00. The van der Waals surface area contributed by atoms with Crippen molar-refractivity contribution in [2.45, 2.75) is 40.5 Å². The zero-order valence-electron chi connectivity index (χ0n) is 16.0. The van der Waals surface area contributed by atoms with Crippen LogP contribution in [0.4, 0.5) is 0 Å². The second kappa shape index (κ2) is 8.13.